The third-order valence-electron chi connectivity index (χ3n) is 3.37. The van der Waals surface area contributed by atoms with Crippen LogP contribution in [0.4, 0.5) is 0 Å². The maximum atomic E-state index is 2.35. The number of aryl methyl sites for hydroxylation is 1. The molecule has 0 amide bonds. The lowest BCUT2D eigenvalue weighted by Gasteiger charge is -2.09. The zero-order valence-electron chi connectivity index (χ0n) is 12.1. The van der Waals surface area contributed by atoms with E-state index in [0.717, 1.165) is 6.42 Å². The predicted molar refractivity (Wildman–Crippen MR) is 86.8 cm³/mol. The zero-order chi connectivity index (χ0) is 13.7. The summed E-state index contributed by atoms with van der Waals surface area (Å²) < 4.78 is 0. The van der Waals surface area contributed by atoms with E-state index in [1.807, 2.05) is 13.8 Å². The van der Waals surface area contributed by atoms with E-state index in [-0.39, 0.29) is 0 Å². The van der Waals surface area contributed by atoms with Gasteiger partial charge in [-0.1, -0.05) is 81.8 Å². The maximum absolute atomic E-state index is 2.35. The fourth-order valence-electron chi connectivity index (χ4n) is 2.61. The van der Waals surface area contributed by atoms with Crippen LogP contribution in [0.15, 0.2) is 54.6 Å². The second-order valence-corrected chi connectivity index (χ2v) is 4.55. The molecule has 3 aromatic carbocycles. The van der Waals surface area contributed by atoms with E-state index in [9.17, 15) is 0 Å². The van der Waals surface area contributed by atoms with Gasteiger partial charge in [0, 0.05) is 0 Å². The zero-order valence-corrected chi connectivity index (χ0v) is 12.1. The van der Waals surface area contributed by atoms with E-state index in [4.69, 9.17) is 0 Å². The Morgan fingerprint density at radius 2 is 1.32 bits per heavy atom. The van der Waals surface area contributed by atoms with Crippen molar-refractivity contribution >= 4 is 21.5 Å². The molecule has 0 heteroatoms. The van der Waals surface area contributed by atoms with Crippen LogP contribution in [-0.2, 0) is 6.42 Å². The molecule has 0 aliphatic carbocycles. The first kappa shape index (κ1) is 13.6. The Balaban J connectivity index is 0.000000637. The lowest BCUT2D eigenvalue weighted by molar-refractivity contribution is 0.931. The molecule has 0 aliphatic heterocycles. The first-order valence-corrected chi connectivity index (χ1v) is 7.29. The third kappa shape index (κ3) is 2.63. The van der Waals surface area contributed by atoms with Gasteiger partial charge in [-0.15, -0.1) is 0 Å². The van der Waals surface area contributed by atoms with Crippen molar-refractivity contribution in [2.24, 2.45) is 0 Å². The summed E-state index contributed by atoms with van der Waals surface area (Å²) in [4.78, 5) is 0. The summed E-state index contributed by atoms with van der Waals surface area (Å²) >= 11 is 0. The topological polar surface area (TPSA) is 0 Å². The van der Waals surface area contributed by atoms with Crippen molar-refractivity contribution in [3.05, 3.63) is 60.2 Å². The molecule has 0 N–H and O–H groups in total. The molecule has 0 aromatic heterocycles. The van der Waals surface area contributed by atoms with Gasteiger partial charge in [0.1, 0.15) is 0 Å². The largest absolute Gasteiger partial charge is 0.0683 e. The lowest BCUT2D eigenvalue weighted by Crippen LogP contribution is -1.87. The van der Waals surface area contributed by atoms with Gasteiger partial charge in [0.15, 0.2) is 0 Å². The van der Waals surface area contributed by atoms with Crippen molar-refractivity contribution in [2.75, 3.05) is 0 Å². The van der Waals surface area contributed by atoms with Gasteiger partial charge in [-0.3, -0.25) is 0 Å². The monoisotopic (exact) mass is 250 g/mol. The van der Waals surface area contributed by atoms with E-state index < -0.39 is 0 Å². The average molecular weight is 250 g/mol. The Hall–Kier alpha value is -1.82. The van der Waals surface area contributed by atoms with Gasteiger partial charge >= 0.3 is 0 Å². The minimum atomic E-state index is 1.16. The van der Waals surface area contributed by atoms with Crippen molar-refractivity contribution in [2.45, 2.75) is 33.6 Å². The van der Waals surface area contributed by atoms with Crippen molar-refractivity contribution in [3.63, 3.8) is 0 Å². The molecule has 0 bridgehead atoms. The van der Waals surface area contributed by atoms with Crippen LogP contribution in [0.25, 0.3) is 21.5 Å². The summed E-state index contributed by atoms with van der Waals surface area (Å²) in [5.74, 6) is 0. The van der Waals surface area contributed by atoms with Gasteiger partial charge in [0.25, 0.3) is 0 Å². The molecule has 0 atom stereocenters. The quantitative estimate of drug-likeness (QED) is 0.491. The van der Waals surface area contributed by atoms with Gasteiger partial charge < -0.3 is 0 Å². The van der Waals surface area contributed by atoms with Crippen LogP contribution in [-0.4, -0.2) is 0 Å². The van der Waals surface area contributed by atoms with E-state index in [2.05, 4.69) is 61.5 Å². The second kappa shape index (κ2) is 6.38. The van der Waals surface area contributed by atoms with Crippen molar-refractivity contribution < 1.29 is 0 Å². The molecule has 0 radical (unpaired) electrons. The Morgan fingerprint density at radius 1 is 0.737 bits per heavy atom. The molecule has 0 heterocycles. The molecule has 3 rings (SSSR count). The molecule has 0 saturated heterocycles. The Kier molecular flexibility index (Phi) is 4.57. The number of benzene rings is 3. The summed E-state index contributed by atoms with van der Waals surface area (Å²) in [6, 6.07) is 19.8. The fraction of sp³-hybridized carbons (Fsp3) is 0.263. The van der Waals surface area contributed by atoms with Gasteiger partial charge in [-0.25, -0.2) is 0 Å². The SMILES string of the molecule is CC.CCCc1cc2ccccc2c2ccccc12. The molecular weight excluding hydrogens is 228 g/mol. The molecule has 19 heavy (non-hydrogen) atoms. The van der Waals surface area contributed by atoms with Crippen LogP contribution in [0.1, 0.15) is 32.8 Å². The average Bonchev–Trinajstić information content (AvgIpc) is 2.50. The smallest absolute Gasteiger partial charge is 0.0103 e. The van der Waals surface area contributed by atoms with Gasteiger partial charge in [-0.2, -0.15) is 0 Å². The fourth-order valence-corrected chi connectivity index (χ4v) is 2.61. The second-order valence-electron chi connectivity index (χ2n) is 4.55. The molecule has 0 saturated carbocycles. The molecule has 0 aliphatic rings. The summed E-state index contributed by atoms with van der Waals surface area (Å²) in [5.41, 5.74) is 1.47. The van der Waals surface area contributed by atoms with Crippen molar-refractivity contribution in [1.82, 2.24) is 0 Å². The summed E-state index contributed by atoms with van der Waals surface area (Å²) in [6.07, 6.45) is 2.35. The Bertz CT molecular complexity index is 665. The minimum Gasteiger partial charge on any atom is -0.0683 e. The van der Waals surface area contributed by atoms with Crippen LogP contribution < -0.4 is 0 Å². The van der Waals surface area contributed by atoms with Gasteiger partial charge in [-0.05, 0) is 33.5 Å². The molecule has 98 valence electrons. The molecule has 0 nitrogen and oxygen atoms in total. The summed E-state index contributed by atoms with van der Waals surface area (Å²) in [5, 5.41) is 5.51. The minimum absolute atomic E-state index is 1.16. The Morgan fingerprint density at radius 3 is 2.00 bits per heavy atom. The van der Waals surface area contributed by atoms with Crippen molar-refractivity contribution in [1.29, 1.82) is 0 Å². The van der Waals surface area contributed by atoms with Gasteiger partial charge in [0.2, 0.25) is 0 Å². The molecule has 0 unspecified atom stereocenters. The highest BCUT2D eigenvalue weighted by atomic mass is 14.1. The number of hydrogen-bond donors (Lipinski definition) is 0. The first-order valence-electron chi connectivity index (χ1n) is 7.29. The number of hydrogen-bond acceptors (Lipinski definition) is 0. The van der Waals surface area contributed by atoms with Crippen LogP contribution in [0.2, 0.25) is 0 Å². The molecule has 0 fully saturated rings. The number of fused-ring (bicyclic) bond motifs is 3. The maximum Gasteiger partial charge on any atom is -0.0103 e. The Labute approximate surface area is 116 Å². The standard InChI is InChI=1S/C17H16.C2H6/c1-2-7-13-12-14-8-3-4-9-16(14)17-11-6-5-10-15(13)17;1-2/h3-6,8-12H,2,7H2,1H3;1-2H3. The van der Waals surface area contributed by atoms with Crippen LogP contribution >= 0.6 is 0 Å². The molecule has 3 aromatic rings. The highest BCUT2D eigenvalue weighted by Gasteiger charge is 2.04. The normalized spacial score (nSPS) is 10.3. The lowest BCUT2D eigenvalue weighted by atomic mass is 9.95. The van der Waals surface area contributed by atoms with E-state index in [0.29, 0.717) is 0 Å². The molecular formula is C19H22. The highest BCUT2D eigenvalue weighted by molar-refractivity contribution is 6.08. The van der Waals surface area contributed by atoms with Crippen LogP contribution in [0, 0.1) is 0 Å². The van der Waals surface area contributed by atoms with Crippen LogP contribution in [0.3, 0.4) is 0 Å². The van der Waals surface area contributed by atoms with Gasteiger partial charge in [0.05, 0.1) is 0 Å². The van der Waals surface area contributed by atoms with E-state index in [1.54, 1.807) is 0 Å². The van der Waals surface area contributed by atoms with Crippen molar-refractivity contribution in [3.8, 4) is 0 Å². The number of rotatable bonds is 2. The van der Waals surface area contributed by atoms with Crippen LogP contribution in [0.5, 0.6) is 0 Å². The summed E-state index contributed by atoms with van der Waals surface area (Å²) in [7, 11) is 0. The van der Waals surface area contributed by atoms with E-state index >= 15 is 0 Å². The first-order chi connectivity index (χ1) is 9.40. The predicted octanol–water partition coefficient (Wildman–Crippen LogP) is 5.97. The summed E-state index contributed by atoms with van der Waals surface area (Å²) in [6.45, 7) is 6.24. The van der Waals surface area contributed by atoms with E-state index in [1.165, 1.54) is 33.5 Å². The molecule has 0 spiro atoms. The highest BCUT2D eigenvalue weighted by Crippen LogP contribution is 2.29. The third-order valence-corrected chi connectivity index (χ3v) is 3.37.